The van der Waals surface area contributed by atoms with E-state index >= 15 is 0 Å². The quantitative estimate of drug-likeness (QED) is 0.638. The van der Waals surface area contributed by atoms with Crippen LogP contribution in [0.2, 0.25) is 0 Å². The van der Waals surface area contributed by atoms with Crippen LogP contribution >= 0.6 is 0 Å². The van der Waals surface area contributed by atoms with Gasteiger partial charge in [0.2, 0.25) is 21.8 Å². The minimum Gasteiger partial charge on any atom is -0.495 e. The third-order valence-corrected chi connectivity index (χ3v) is 7.78. The molecule has 0 radical (unpaired) electrons. The van der Waals surface area contributed by atoms with Gasteiger partial charge >= 0.3 is 0 Å². The van der Waals surface area contributed by atoms with Gasteiger partial charge in [0, 0.05) is 31.1 Å². The minimum absolute atomic E-state index is 0.0729. The first kappa shape index (κ1) is 23.2. The van der Waals surface area contributed by atoms with Crippen molar-refractivity contribution in [3.8, 4) is 5.75 Å². The molecule has 0 spiro atoms. The molecule has 0 aromatic heterocycles. The predicted molar refractivity (Wildman–Crippen MR) is 123 cm³/mol. The van der Waals surface area contributed by atoms with Crippen LogP contribution in [0.4, 0.5) is 11.4 Å². The van der Waals surface area contributed by atoms with Crippen LogP contribution in [-0.2, 0) is 30.8 Å². The Labute approximate surface area is 193 Å². The van der Waals surface area contributed by atoms with Crippen molar-refractivity contribution in [2.24, 2.45) is 5.92 Å². The highest BCUT2D eigenvalue weighted by molar-refractivity contribution is 7.89. The molecule has 2 amide bonds. The molecule has 1 fully saturated rings. The van der Waals surface area contributed by atoms with Gasteiger partial charge in [0.25, 0.3) is 0 Å². The normalized spacial score (nSPS) is 18.8. The minimum atomic E-state index is -3.72. The molecule has 2 aliphatic rings. The summed E-state index contributed by atoms with van der Waals surface area (Å²) in [5.74, 6) is -0.368. The van der Waals surface area contributed by atoms with Crippen molar-refractivity contribution in [3.63, 3.8) is 0 Å². The second-order valence-corrected chi connectivity index (χ2v) is 9.95. The molecule has 10 heteroatoms. The van der Waals surface area contributed by atoms with Crippen molar-refractivity contribution in [1.82, 2.24) is 4.31 Å². The van der Waals surface area contributed by atoms with Crippen LogP contribution in [0.1, 0.15) is 18.4 Å². The summed E-state index contributed by atoms with van der Waals surface area (Å²) >= 11 is 0. The van der Waals surface area contributed by atoms with Gasteiger partial charge in [-0.3, -0.25) is 9.59 Å². The first-order valence-corrected chi connectivity index (χ1v) is 12.3. The zero-order valence-corrected chi connectivity index (χ0v) is 19.2. The van der Waals surface area contributed by atoms with Gasteiger partial charge in [-0.15, -0.1) is 0 Å². The van der Waals surface area contributed by atoms with Crippen LogP contribution < -0.4 is 15.4 Å². The number of ether oxygens (including phenoxy) is 2. The molecule has 0 aliphatic carbocycles. The van der Waals surface area contributed by atoms with Gasteiger partial charge in [-0.05, 0) is 42.7 Å². The van der Waals surface area contributed by atoms with E-state index in [0.717, 1.165) is 11.3 Å². The average molecular weight is 474 g/mol. The fourth-order valence-electron chi connectivity index (χ4n) is 4.05. The number of para-hydroxylation sites is 1. The van der Waals surface area contributed by atoms with E-state index in [-0.39, 0.29) is 47.8 Å². The van der Waals surface area contributed by atoms with Gasteiger partial charge in [-0.25, -0.2) is 8.42 Å². The number of hydrogen-bond acceptors (Lipinski definition) is 6. The fraction of sp³-hybridized carbons (Fsp3) is 0.391. The van der Waals surface area contributed by atoms with Crippen LogP contribution in [0.25, 0.3) is 0 Å². The van der Waals surface area contributed by atoms with Crippen LogP contribution in [0.3, 0.4) is 0 Å². The van der Waals surface area contributed by atoms with Gasteiger partial charge in [0.05, 0.1) is 30.9 Å². The number of carbonyl (C=O) groups excluding carboxylic acids is 2. The number of fused-ring (bicyclic) bond motifs is 1. The number of nitrogens with one attached hydrogen (secondary N) is 2. The van der Waals surface area contributed by atoms with Crippen molar-refractivity contribution in [2.45, 2.75) is 24.2 Å². The molecular weight excluding hydrogens is 446 g/mol. The molecule has 9 nitrogen and oxygen atoms in total. The molecule has 176 valence electrons. The largest absolute Gasteiger partial charge is 0.495 e. The Balaban J connectivity index is 1.43. The molecule has 2 aromatic rings. The Morgan fingerprint density at radius 1 is 1.21 bits per heavy atom. The third kappa shape index (κ3) is 5.18. The van der Waals surface area contributed by atoms with E-state index in [1.54, 1.807) is 0 Å². The summed E-state index contributed by atoms with van der Waals surface area (Å²) in [6, 6.07) is 12.0. The average Bonchev–Trinajstić information content (AvgIpc) is 2.83. The van der Waals surface area contributed by atoms with E-state index in [2.05, 4.69) is 10.6 Å². The molecule has 2 aromatic carbocycles. The highest BCUT2D eigenvalue weighted by atomic mass is 32.2. The molecular formula is C23H27N3O6S. The Hall–Kier alpha value is -2.95. The number of amides is 2. The number of sulfonamides is 1. The van der Waals surface area contributed by atoms with E-state index < -0.39 is 10.0 Å². The number of methoxy groups -OCH3 is 1. The van der Waals surface area contributed by atoms with Crippen molar-refractivity contribution in [1.29, 1.82) is 0 Å². The number of carbonyl (C=O) groups is 2. The van der Waals surface area contributed by atoms with Crippen LogP contribution in [0.15, 0.2) is 47.4 Å². The zero-order chi connectivity index (χ0) is 23.4. The lowest BCUT2D eigenvalue weighted by molar-refractivity contribution is -0.121. The number of benzene rings is 2. The molecule has 2 N–H and O–H groups in total. The first-order valence-electron chi connectivity index (χ1n) is 10.8. The highest BCUT2D eigenvalue weighted by Gasteiger charge is 2.28. The number of nitrogens with zero attached hydrogens (tertiary/aromatic N) is 1. The number of rotatable bonds is 7. The molecule has 1 saturated heterocycles. The fourth-order valence-corrected chi connectivity index (χ4v) is 5.48. The molecule has 0 saturated carbocycles. The first-order chi connectivity index (χ1) is 15.9. The summed E-state index contributed by atoms with van der Waals surface area (Å²) in [4.78, 5) is 25.1. The number of morpholine rings is 1. The smallest absolute Gasteiger partial charge is 0.243 e. The maximum Gasteiger partial charge on any atom is 0.243 e. The molecule has 1 atom stereocenters. The number of hydrogen-bond donors (Lipinski definition) is 2. The topological polar surface area (TPSA) is 114 Å². The lowest BCUT2D eigenvalue weighted by Gasteiger charge is -2.26. The maximum atomic E-state index is 13.0. The Bertz CT molecular complexity index is 1140. The summed E-state index contributed by atoms with van der Waals surface area (Å²) in [5.41, 5.74) is 2.13. The van der Waals surface area contributed by atoms with Gasteiger partial charge in [0.1, 0.15) is 5.75 Å². The molecule has 2 aliphatic heterocycles. The monoisotopic (exact) mass is 473 g/mol. The predicted octanol–water partition coefficient (Wildman–Crippen LogP) is 2.25. The van der Waals surface area contributed by atoms with Crippen molar-refractivity contribution in [2.75, 3.05) is 44.0 Å². The summed E-state index contributed by atoms with van der Waals surface area (Å²) in [6.45, 7) is 1.25. The van der Waals surface area contributed by atoms with Crippen LogP contribution in [0, 0.1) is 5.92 Å². The Morgan fingerprint density at radius 2 is 1.97 bits per heavy atom. The SMILES string of the molecule is COc1ccc(S(=O)(=O)N2CCOCC2)cc1NC(=O)CCC1Cc2ccccc2NC1=O. The second kappa shape index (κ2) is 9.90. The highest BCUT2D eigenvalue weighted by Crippen LogP contribution is 2.31. The lowest BCUT2D eigenvalue weighted by atomic mass is 9.89. The molecule has 1 unspecified atom stereocenters. The molecule has 0 bridgehead atoms. The maximum absolute atomic E-state index is 13.0. The van der Waals surface area contributed by atoms with Crippen LogP contribution in [0.5, 0.6) is 5.75 Å². The summed E-state index contributed by atoms with van der Waals surface area (Å²) in [6.07, 6.45) is 1.07. The van der Waals surface area contributed by atoms with E-state index in [1.807, 2.05) is 24.3 Å². The molecule has 33 heavy (non-hydrogen) atoms. The summed E-state index contributed by atoms with van der Waals surface area (Å²) in [5, 5.41) is 5.63. The Morgan fingerprint density at radius 3 is 2.73 bits per heavy atom. The zero-order valence-electron chi connectivity index (χ0n) is 18.4. The van der Waals surface area contributed by atoms with Crippen molar-refractivity contribution < 1.29 is 27.5 Å². The third-order valence-electron chi connectivity index (χ3n) is 5.89. The van der Waals surface area contributed by atoms with Crippen molar-refractivity contribution in [3.05, 3.63) is 48.0 Å². The van der Waals surface area contributed by atoms with E-state index in [0.29, 0.717) is 31.8 Å². The lowest BCUT2D eigenvalue weighted by Crippen LogP contribution is -2.40. The van der Waals surface area contributed by atoms with Gasteiger partial charge < -0.3 is 20.1 Å². The molecule has 4 rings (SSSR count). The Kier molecular flexibility index (Phi) is 6.96. The standard InChI is InChI=1S/C23H27N3O6S/c1-31-21-8-7-18(33(29,30)26-10-12-32-13-11-26)15-20(21)24-22(27)9-6-17-14-16-4-2-3-5-19(16)25-23(17)28/h2-5,7-8,15,17H,6,9-14H2,1H3,(H,24,27)(H,25,28). The number of anilines is 2. The molecule has 2 heterocycles. The second-order valence-electron chi connectivity index (χ2n) is 8.01. The van der Waals surface area contributed by atoms with E-state index in [1.165, 1.54) is 29.6 Å². The van der Waals surface area contributed by atoms with Gasteiger partial charge in [-0.2, -0.15) is 4.31 Å². The van der Waals surface area contributed by atoms with Gasteiger partial charge in [-0.1, -0.05) is 18.2 Å². The summed E-state index contributed by atoms with van der Waals surface area (Å²) in [7, 11) is -2.27. The van der Waals surface area contributed by atoms with Gasteiger partial charge in [0.15, 0.2) is 0 Å². The van der Waals surface area contributed by atoms with E-state index in [9.17, 15) is 18.0 Å². The van der Waals surface area contributed by atoms with E-state index in [4.69, 9.17) is 9.47 Å². The summed E-state index contributed by atoms with van der Waals surface area (Å²) < 4.78 is 37.8. The van der Waals surface area contributed by atoms with Crippen molar-refractivity contribution >= 4 is 33.2 Å². The van der Waals surface area contributed by atoms with Crippen LogP contribution in [-0.4, -0.2) is 58.0 Å².